The molecule has 0 bridgehead atoms. The molecule has 1 aliphatic heterocycles. The minimum absolute atomic E-state index is 0. The van der Waals surface area contributed by atoms with Crippen molar-refractivity contribution in [3.05, 3.63) is 0 Å². The molecule has 9 nitrogen and oxygen atoms in total. The number of methoxy groups -OCH3 is 2. The van der Waals surface area contributed by atoms with Crippen molar-refractivity contribution in [1.82, 2.24) is 10.6 Å². The summed E-state index contributed by atoms with van der Waals surface area (Å²) in [4.78, 5) is 36.1. The summed E-state index contributed by atoms with van der Waals surface area (Å²) >= 11 is 0.996. The Balaban J connectivity index is -0.000000551. The van der Waals surface area contributed by atoms with Gasteiger partial charge in [0.1, 0.15) is 0 Å². The molecule has 1 fully saturated rings. The van der Waals surface area contributed by atoms with E-state index in [4.69, 9.17) is 9.47 Å². The van der Waals surface area contributed by atoms with Gasteiger partial charge in [0.15, 0.2) is 0 Å². The molecule has 13 heteroatoms. The number of rotatable bonds is 8. The molecule has 1 aliphatic rings. The number of carbonyl (C=O) groups excluding carboxylic acids is 3. The molecule has 25 heavy (non-hydrogen) atoms. The van der Waals surface area contributed by atoms with E-state index < -0.39 is 23.3 Å². The second kappa shape index (κ2) is 17.2. The molecule has 0 saturated carbocycles. The smallest absolute Gasteiger partial charge is 0 e. The van der Waals surface area contributed by atoms with Gasteiger partial charge >= 0.3 is 157 Å². The molecule has 2 radical (unpaired) electrons. The van der Waals surface area contributed by atoms with Crippen LogP contribution in [0.2, 0.25) is 7.86 Å². The zero-order valence-corrected chi connectivity index (χ0v) is 30.4. The van der Waals surface area contributed by atoms with Crippen molar-refractivity contribution in [2.24, 2.45) is 5.41 Å². The third-order valence-electron chi connectivity index (χ3n) is 3.79. The zero-order valence-electron chi connectivity index (χ0n) is 15.4. The third kappa shape index (κ3) is 9.58. The normalized spacial score (nSPS) is 17.4. The van der Waals surface area contributed by atoms with Crippen molar-refractivity contribution in [1.29, 1.82) is 0 Å². The predicted octanol–water partition coefficient (Wildman–Crippen LogP) is -2.33. The van der Waals surface area contributed by atoms with E-state index in [0.29, 0.717) is 52.2 Å². The van der Waals surface area contributed by atoms with Crippen molar-refractivity contribution >= 4 is 77.0 Å². The van der Waals surface area contributed by atoms with Gasteiger partial charge in [0.05, 0.1) is 0 Å². The maximum atomic E-state index is 12.4. The molecule has 0 spiro atoms. The monoisotopic (exact) mass is 756 g/mol. The quantitative estimate of drug-likeness (QED) is 0.210. The van der Waals surface area contributed by atoms with Gasteiger partial charge in [-0.25, -0.2) is 0 Å². The number of hydrogen-bond acceptors (Lipinski definition) is 5. The topological polar surface area (TPSA) is 157 Å². The average molecular weight is 753 g/mol. The zero-order chi connectivity index (χ0) is 16.0. The van der Waals surface area contributed by atoms with Crippen molar-refractivity contribution in [3.8, 4) is 0 Å². The molecule has 2 unspecified atom stereocenters. The van der Waals surface area contributed by atoms with Crippen molar-refractivity contribution in [2.75, 3.05) is 14.2 Å². The van der Waals surface area contributed by atoms with Crippen molar-refractivity contribution in [3.63, 3.8) is 0 Å². The number of amides is 4. The standard InChI is InChI=1S/C12H18N2O5.2Hg.2Na.2H2O/c1-7(18-3)5-12(6-8(2)19-4)9(15)13-11(17)14-10(12)16;;;;;;/h7-8H,1-2,5-6H2,3-4H3,(H2,13,14,15,16,17);;;;;2*1H2. The van der Waals surface area contributed by atoms with Gasteiger partial charge in [0.25, 0.3) is 0 Å². The van der Waals surface area contributed by atoms with E-state index in [2.05, 4.69) is 10.6 Å². The van der Waals surface area contributed by atoms with Gasteiger partial charge in [-0.3, -0.25) is 0 Å². The minimum atomic E-state index is -1.28. The summed E-state index contributed by atoms with van der Waals surface area (Å²) in [6.07, 6.45) is 0.279. The number of barbiturate groups is 1. The van der Waals surface area contributed by atoms with Crippen LogP contribution in [0.3, 0.4) is 0 Å². The van der Waals surface area contributed by atoms with Crippen LogP contribution < -0.4 is 10.6 Å². The second-order valence-electron chi connectivity index (χ2n) is 5.02. The van der Waals surface area contributed by atoms with Crippen molar-refractivity contribution < 1.29 is 87.1 Å². The van der Waals surface area contributed by atoms with Crippen LogP contribution in [0.25, 0.3) is 0 Å². The first-order valence-electron chi connectivity index (χ1n) is 6.74. The molecule has 0 aromatic heterocycles. The summed E-state index contributed by atoms with van der Waals surface area (Å²) in [5, 5.41) is 4.44. The van der Waals surface area contributed by atoms with E-state index in [1.165, 1.54) is 0 Å². The van der Waals surface area contributed by atoms with Crippen LogP contribution in [-0.2, 0) is 71.3 Å². The summed E-state index contributed by atoms with van der Waals surface area (Å²) in [5.74, 6) is -1.08. The first-order chi connectivity index (χ1) is 9.93. The minimum Gasteiger partial charge on any atom is -0.412 e. The Morgan fingerprint density at radius 2 is 1.20 bits per heavy atom. The van der Waals surface area contributed by atoms with Gasteiger partial charge in [-0.2, -0.15) is 0 Å². The van der Waals surface area contributed by atoms with Gasteiger partial charge < -0.3 is 11.0 Å². The molecule has 4 amide bonds. The molecule has 1 saturated heterocycles. The summed E-state index contributed by atoms with van der Waals surface area (Å²) in [5.41, 5.74) is -1.28. The van der Waals surface area contributed by atoms with Crippen LogP contribution >= 0.6 is 0 Å². The third-order valence-corrected chi connectivity index (χ3v) is 8.79. The van der Waals surface area contributed by atoms with Gasteiger partial charge in [-0.15, -0.1) is 0 Å². The number of hydrogen-bond donors (Lipinski definition) is 2. The van der Waals surface area contributed by atoms with E-state index in [1.807, 2.05) is 0 Å². The predicted molar refractivity (Wildman–Crippen MR) is 83.3 cm³/mol. The van der Waals surface area contributed by atoms with Gasteiger partial charge in [0.2, 0.25) is 0 Å². The maximum absolute atomic E-state index is 12.4. The van der Waals surface area contributed by atoms with E-state index in [1.54, 1.807) is 14.2 Å². The Bertz CT molecular complexity index is 388. The van der Waals surface area contributed by atoms with E-state index in [9.17, 15) is 14.4 Å². The van der Waals surface area contributed by atoms with Gasteiger partial charge in [0, 0.05) is 59.1 Å². The Morgan fingerprint density at radius 1 is 0.880 bits per heavy atom. The number of urea groups is 1. The van der Waals surface area contributed by atoms with Crippen molar-refractivity contribution in [2.45, 2.75) is 32.9 Å². The number of ether oxygens (including phenoxy) is 2. The van der Waals surface area contributed by atoms with Crippen LogP contribution in [0.1, 0.15) is 12.8 Å². The molecule has 0 aromatic carbocycles. The average Bonchev–Trinajstić information content (AvgIpc) is 2.46. The van der Waals surface area contributed by atoms with Crippen LogP contribution in [0.5, 0.6) is 0 Å². The largest absolute Gasteiger partial charge is 0.412 e. The fourth-order valence-electron chi connectivity index (χ4n) is 2.42. The molecule has 1 heterocycles. The molecular weight excluding hydrogens is 731 g/mol. The Morgan fingerprint density at radius 3 is 1.44 bits per heavy atom. The van der Waals surface area contributed by atoms with Crippen LogP contribution in [-0.4, -0.2) is 114 Å². The Kier molecular flexibility index (Phi) is 23.9. The number of imide groups is 2. The van der Waals surface area contributed by atoms with E-state index in [-0.39, 0.29) is 95.1 Å². The molecule has 0 aliphatic carbocycles. The molecule has 2 atom stereocenters. The summed E-state index contributed by atoms with van der Waals surface area (Å²) in [7, 11) is 3.16. The fourth-order valence-corrected chi connectivity index (χ4v) is 5.84. The van der Waals surface area contributed by atoms with E-state index >= 15 is 0 Å². The van der Waals surface area contributed by atoms with Gasteiger partial charge in [-0.1, -0.05) is 0 Å². The molecule has 1 rings (SSSR count). The van der Waals surface area contributed by atoms with Crippen LogP contribution in [0, 0.1) is 5.41 Å². The Hall–Kier alpha value is 2.32. The Labute approximate surface area is 224 Å². The maximum Gasteiger partial charge on any atom is 0 e. The molecule has 6 N–H and O–H groups in total. The summed E-state index contributed by atoms with van der Waals surface area (Å²) in [6.45, 7) is 0. The fraction of sp³-hybridized carbons (Fsp3) is 0.750. The summed E-state index contributed by atoms with van der Waals surface area (Å²) in [6, 6.07) is -0.757. The van der Waals surface area contributed by atoms with E-state index in [0.717, 1.165) is 7.86 Å². The SMILES string of the molecule is COC([CH2][Hg])CC1(CC([CH2][Hg])OC)C(=O)NC(=O)NC1=O.O.O.[Na].[Na]. The number of carbonyl (C=O) groups is 3. The second-order valence-corrected chi connectivity index (χ2v) is 9.51. The van der Waals surface area contributed by atoms with Crippen LogP contribution in [0.15, 0.2) is 0 Å². The molecule has 0 aromatic rings. The van der Waals surface area contributed by atoms with Gasteiger partial charge in [-0.05, 0) is 0 Å². The molecular formula is C12H22Hg2N2Na2O7. The first-order valence-corrected chi connectivity index (χ1v) is 14.5. The summed E-state index contributed by atoms with van der Waals surface area (Å²) < 4.78 is 12.5. The molecule has 128 valence electrons. The van der Waals surface area contributed by atoms with Crippen LogP contribution in [0.4, 0.5) is 4.79 Å². The first kappa shape index (κ1) is 34.8. The number of nitrogens with one attached hydrogen (secondary N) is 2.